The molecule has 1 rings (SSSR count). The average molecular weight is 227 g/mol. The van der Waals surface area contributed by atoms with Gasteiger partial charge in [0.25, 0.3) is 0 Å². The van der Waals surface area contributed by atoms with E-state index in [1.165, 1.54) is 0 Å². The van der Waals surface area contributed by atoms with Crippen LogP contribution in [0.25, 0.3) is 0 Å². The van der Waals surface area contributed by atoms with E-state index in [0.29, 0.717) is 12.8 Å². The molecule has 0 radical (unpaired) electrons. The summed E-state index contributed by atoms with van der Waals surface area (Å²) in [4.78, 5) is 0. The molecule has 0 aromatic carbocycles. The van der Waals surface area contributed by atoms with E-state index in [1.807, 2.05) is 0 Å². The summed E-state index contributed by atoms with van der Waals surface area (Å²) in [5, 5.41) is 4.86. The van der Waals surface area contributed by atoms with Crippen molar-refractivity contribution in [3.8, 4) is 0 Å². The van der Waals surface area contributed by atoms with Crippen LogP contribution >= 0.6 is 0 Å². The Labute approximate surface area is 78.3 Å². The van der Waals surface area contributed by atoms with E-state index in [2.05, 4.69) is 0 Å². The van der Waals surface area contributed by atoms with Crippen molar-refractivity contribution in [3.63, 3.8) is 0 Å². The Hall–Kier alpha value is -0.140. The van der Waals surface area contributed by atoms with Gasteiger partial charge in [0.2, 0.25) is 10.0 Å². The molecule has 5 nitrogen and oxygen atoms in total. The van der Waals surface area contributed by atoms with Gasteiger partial charge in [-0.15, -0.1) is 0 Å². The summed E-state index contributed by atoms with van der Waals surface area (Å²) < 4.78 is 43.4. The molecule has 1 aliphatic rings. The number of rotatable bonds is 4. The molecule has 1 aliphatic carbocycles. The molecule has 7 heteroatoms. The van der Waals surface area contributed by atoms with E-state index in [1.54, 1.807) is 0 Å². The Balaban J connectivity index is 2.70. The lowest BCUT2D eigenvalue weighted by Crippen LogP contribution is -2.28. The van der Waals surface area contributed by atoms with E-state index < -0.39 is 25.3 Å². The predicted molar refractivity (Wildman–Crippen MR) is 49.4 cm³/mol. The molecule has 0 unspecified atom stereocenters. The topological polar surface area (TPSA) is 94.3 Å². The Morgan fingerprint density at radius 3 is 1.85 bits per heavy atom. The van der Waals surface area contributed by atoms with Crippen LogP contribution in [0.4, 0.5) is 0 Å². The van der Waals surface area contributed by atoms with Crippen molar-refractivity contribution in [1.29, 1.82) is 0 Å². The summed E-state index contributed by atoms with van der Waals surface area (Å²) in [7, 11) is -6.67. The molecule has 0 aromatic heterocycles. The maximum absolute atomic E-state index is 10.9. The maximum Gasteiger partial charge on any atom is 0.209 e. The fraction of sp³-hybridized carbons (Fsp3) is 1.00. The van der Waals surface area contributed by atoms with Crippen LogP contribution in [0.3, 0.4) is 0 Å². The van der Waals surface area contributed by atoms with E-state index >= 15 is 0 Å². The van der Waals surface area contributed by atoms with Crippen LogP contribution in [-0.2, 0) is 19.9 Å². The van der Waals surface area contributed by atoms with Crippen molar-refractivity contribution in [2.75, 3.05) is 17.8 Å². The Morgan fingerprint density at radius 1 is 1.15 bits per heavy atom. The van der Waals surface area contributed by atoms with Crippen LogP contribution in [-0.4, -0.2) is 34.6 Å². The second-order valence-corrected chi connectivity index (χ2v) is 7.63. The fourth-order valence-corrected chi connectivity index (χ4v) is 4.37. The van der Waals surface area contributed by atoms with Gasteiger partial charge < -0.3 is 0 Å². The average Bonchev–Trinajstić information content (AvgIpc) is 2.36. The van der Waals surface area contributed by atoms with Crippen LogP contribution in [0.1, 0.15) is 12.8 Å². The molecule has 0 aliphatic heterocycles. The van der Waals surface area contributed by atoms with Crippen LogP contribution in [0.2, 0.25) is 0 Å². The second-order valence-electron chi connectivity index (χ2n) is 3.88. The third-order valence-corrected chi connectivity index (χ3v) is 4.18. The van der Waals surface area contributed by atoms with Gasteiger partial charge in [0, 0.05) is 6.26 Å². The fourth-order valence-electron chi connectivity index (χ4n) is 1.49. The first-order valence-electron chi connectivity index (χ1n) is 3.80. The lowest BCUT2D eigenvalue weighted by molar-refractivity contribution is 0.555. The van der Waals surface area contributed by atoms with E-state index in [0.717, 1.165) is 6.26 Å². The number of primary sulfonamides is 1. The van der Waals surface area contributed by atoms with Gasteiger partial charge in [-0.25, -0.2) is 22.0 Å². The lowest BCUT2D eigenvalue weighted by atomic mass is 10.2. The molecule has 2 N–H and O–H groups in total. The number of nitrogens with two attached hydrogens (primary N) is 1. The van der Waals surface area contributed by atoms with E-state index in [9.17, 15) is 16.8 Å². The molecule has 78 valence electrons. The summed E-state index contributed by atoms with van der Waals surface area (Å²) in [5.41, 5.74) is -0.582. The van der Waals surface area contributed by atoms with Crippen molar-refractivity contribution in [2.24, 2.45) is 10.6 Å². The molecular weight excluding hydrogens is 214 g/mol. The monoisotopic (exact) mass is 227 g/mol. The summed E-state index contributed by atoms with van der Waals surface area (Å²) in [6.45, 7) is 0. The largest absolute Gasteiger partial charge is 0.229 e. The molecule has 0 saturated heterocycles. The van der Waals surface area contributed by atoms with Gasteiger partial charge in [0.1, 0.15) is 9.84 Å². The van der Waals surface area contributed by atoms with Crippen LogP contribution in [0.5, 0.6) is 0 Å². The van der Waals surface area contributed by atoms with Crippen molar-refractivity contribution < 1.29 is 16.8 Å². The molecule has 0 atom stereocenters. The van der Waals surface area contributed by atoms with Gasteiger partial charge in [-0.3, -0.25) is 0 Å². The zero-order chi connectivity index (χ0) is 10.3. The molecule has 0 aromatic rings. The highest BCUT2D eigenvalue weighted by Gasteiger charge is 2.47. The van der Waals surface area contributed by atoms with Crippen molar-refractivity contribution >= 4 is 19.9 Å². The van der Waals surface area contributed by atoms with Gasteiger partial charge in [-0.2, -0.15) is 0 Å². The molecule has 0 bridgehead atoms. The normalized spacial score (nSPS) is 21.4. The molecular formula is C6H13NO4S2. The zero-order valence-corrected chi connectivity index (χ0v) is 8.99. The Bertz CT molecular complexity index is 354. The quantitative estimate of drug-likeness (QED) is 0.673. The molecule has 13 heavy (non-hydrogen) atoms. The number of hydrogen-bond acceptors (Lipinski definition) is 4. The summed E-state index contributed by atoms with van der Waals surface area (Å²) in [6, 6.07) is 0. The van der Waals surface area contributed by atoms with Gasteiger partial charge in [-0.05, 0) is 18.3 Å². The van der Waals surface area contributed by atoms with Crippen LogP contribution < -0.4 is 5.14 Å². The Kier molecular flexibility index (Phi) is 2.46. The standard InChI is InChI=1S/C6H13NO4S2/c1-12(8,9)4-6(2-3-6)5-13(7,10)11/h2-5H2,1H3,(H2,7,10,11). The first-order valence-corrected chi connectivity index (χ1v) is 7.58. The number of hydrogen-bond donors (Lipinski definition) is 1. The van der Waals surface area contributed by atoms with Gasteiger partial charge >= 0.3 is 0 Å². The molecule has 0 heterocycles. The maximum atomic E-state index is 10.9. The summed E-state index contributed by atoms with van der Waals surface area (Å²) >= 11 is 0. The van der Waals surface area contributed by atoms with Crippen molar-refractivity contribution in [1.82, 2.24) is 0 Å². The molecule has 1 saturated carbocycles. The predicted octanol–water partition coefficient (Wildman–Crippen LogP) is -0.900. The molecule has 0 amide bonds. The SMILES string of the molecule is CS(=O)(=O)CC1(CS(N)(=O)=O)CC1. The number of sulfone groups is 1. The summed E-state index contributed by atoms with van der Waals surface area (Å²) in [5.74, 6) is -0.288. The van der Waals surface area contributed by atoms with Crippen molar-refractivity contribution in [2.45, 2.75) is 12.8 Å². The molecule has 1 fully saturated rings. The highest BCUT2D eigenvalue weighted by molar-refractivity contribution is 7.91. The lowest BCUT2D eigenvalue weighted by Gasteiger charge is -2.11. The van der Waals surface area contributed by atoms with Gasteiger partial charge in [0.15, 0.2) is 0 Å². The highest BCUT2D eigenvalue weighted by Crippen LogP contribution is 2.47. The van der Waals surface area contributed by atoms with Crippen molar-refractivity contribution in [3.05, 3.63) is 0 Å². The third-order valence-electron chi connectivity index (χ3n) is 2.03. The first kappa shape index (κ1) is 10.9. The zero-order valence-electron chi connectivity index (χ0n) is 7.36. The minimum Gasteiger partial charge on any atom is -0.229 e. The van der Waals surface area contributed by atoms with Crippen LogP contribution in [0.15, 0.2) is 0 Å². The Morgan fingerprint density at radius 2 is 1.62 bits per heavy atom. The van der Waals surface area contributed by atoms with E-state index in [4.69, 9.17) is 5.14 Å². The van der Waals surface area contributed by atoms with Gasteiger partial charge in [0.05, 0.1) is 11.5 Å². The number of sulfonamides is 1. The van der Waals surface area contributed by atoms with Gasteiger partial charge in [-0.1, -0.05) is 0 Å². The highest BCUT2D eigenvalue weighted by atomic mass is 32.2. The molecule has 0 spiro atoms. The minimum absolute atomic E-state index is 0.0730. The van der Waals surface area contributed by atoms with E-state index in [-0.39, 0.29) is 11.5 Å². The minimum atomic E-state index is -3.56. The second kappa shape index (κ2) is 2.93. The summed E-state index contributed by atoms with van der Waals surface area (Å²) in [6.07, 6.45) is 2.38. The third kappa shape index (κ3) is 4.06. The first-order chi connectivity index (χ1) is 5.62. The van der Waals surface area contributed by atoms with Crippen LogP contribution in [0, 0.1) is 5.41 Å². The smallest absolute Gasteiger partial charge is 0.209 e.